The van der Waals surface area contributed by atoms with E-state index in [1.807, 2.05) is 6.92 Å². The standard InChI is InChI=1S/C5H11NO2.C4H3BrN2.CH3NO2/c1-2-3-4-8-5(6)7;5-4-1-6-3-7-2-4;2-1(3)4/h2-4H2,1H3,(H2,6,7);1-3H;2H2,(H,3,4). The lowest BCUT2D eigenvalue weighted by Gasteiger charge is -1.95. The van der Waals surface area contributed by atoms with Gasteiger partial charge in [-0.2, -0.15) is 0 Å². The van der Waals surface area contributed by atoms with Crippen molar-refractivity contribution in [2.75, 3.05) is 6.61 Å². The summed E-state index contributed by atoms with van der Waals surface area (Å²) in [4.78, 5) is 26.1. The van der Waals surface area contributed by atoms with Crippen LogP contribution in [0.3, 0.4) is 0 Å². The fourth-order valence-corrected chi connectivity index (χ4v) is 0.834. The Bertz CT molecular complexity index is 347. The van der Waals surface area contributed by atoms with E-state index in [9.17, 15) is 4.79 Å². The first-order valence-corrected chi connectivity index (χ1v) is 6.00. The summed E-state index contributed by atoms with van der Waals surface area (Å²) < 4.78 is 5.33. The number of halogens is 1. The number of aromatic nitrogens is 2. The third-order valence-electron chi connectivity index (χ3n) is 1.27. The van der Waals surface area contributed by atoms with Crippen LogP contribution in [-0.4, -0.2) is 33.9 Å². The lowest BCUT2D eigenvalue weighted by Crippen LogP contribution is -2.13. The van der Waals surface area contributed by atoms with Crippen LogP contribution >= 0.6 is 15.9 Å². The Morgan fingerprint density at radius 2 is 1.84 bits per heavy atom. The molecule has 8 nitrogen and oxygen atoms in total. The third-order valence-corrected chi connectivity index (χ3v) is 1.68. The van der Waals surface area contributed by atoms with Crippen LogP contribution in [0.1, 0.15) is 19.8 Å². The summed E-state index contributed by atoms with van der Waals surface area (Å²) >= 11 is 3.19. The van der Waals surface area contributed by atoms with Crippen LogP contribution in [0, 0.1) is 0 Å². The highest BCUT2D eigenvalue weighted by molar-refractivity contribution is 9.10. The minimum absolute atomic E-state index is 0.450. The van der Waals surface area contributed by atoms with Crippen LogP contribution in [0.2, 0.25) is 0 Å². The van der Waals surface area contributed by atoms with E-state index in [-0.39, 0.29) is 0 Å². The minimum Gasteiger partial charge on any atom is -0.465 e. The molecule has 0 unspecified atom stereocenters. The van der Waals surface area contributed by atoms with E-state index in [2.05, 4.69) is 42.1 Å². The molecule has 0 aliphatic carbocycles. The maximum atomic E-state index is 9.87. The van der Waals surface area contributed by atoms with Gasteiger partial charge in [0.25, 0.3) is 0 Å². The van der Waals surface area contributed by atoms with Gasteiger partial charge in [-0.25, -0.2) is 19.6 Å². The number of unbranched alkanes of at least 4 members (excludes halogenated alkanes) is 1. The Balaban J connectivity index is 0. The van der Waals surface area contributed by atoms with Gasteiger partial charge < -0.3 is 21.3 Å². The number of primary amides is 2. The molecule has 1 rings (SSSR count). The molecule has 0 saturated carbocycles. The smallest absolute Gasteiger partial charge is 0.404 e. The van der Waals surface area contributed by atoms with E-state index < -0.39 is 12.2 Å². The Kier molecular flexibility index (Phi) is 14.5. The van der Waals surface area contributed by atoms with Gasteiger partial charge >= 0.3 is 12.2 Å². The van der Waals surface area contributed by atoms with Crippen molar-refractivity contribution in [1.82, 2.24) is 9.97 Å². The highest BCUT2D eigenvalue weighted by Gasteiger charge is 1.88. The van der Waals surface area contributed by atoms with E-state index in [0.29, 0.717) is 6.61 Å². The summed E-state index contributed by atoms with van der Waals surface area (Å²) in [6.45, 7) is 2.47. The molecule has 0 spiro atoms. The molecule has 0 bridgehead atoms. The number of amides is 2. The number of carboxylic acid groups (broad SMARTS) is 1. The molecule has 0 fully saturated rings. The number of ether oxygens (including phenoxy) is 1. The van der Waals surface area contributed by atoms with Gasteiger partial charge in [-0.1, -0.05) is 13.3 Å². The number of nitrogens with zero attached hydrogens (tertiary/aromatic N) is 2. The lowest BCUT2D eigenvalue weighted by molar-refractivity contribution is 0.155. The number of rotatable bonds is 3. The van der Waals surface area contributed by atoms with Gasteiger partial charge in [0.05, 0.1) is 11.1 Å². The molecule has 1 aromatic heterocycles. The fourth-order valence-electron chi connectivity index (χ4n) is 0.598. The molecule has 1 aromatic rings. The maximum absolute atomic E-state index is 9.87. The van der Waals surface area contributed by atoms with E-state index in [1.165, 1.54) is 6.33 Å². The van der Waals surface area contributed by atoms with Crippen LogP contribution in [0.4, 0.5) is 9.59 Å². The summed E-state index contributed by atoms with van der Waals surface area (Å²) in [5.41, 5.74) is 8.70. The first-order valence-electron chi connectivity index (χ1n) is 5.21. The highest BCUT2D eigenvalue weighted by atomic mass is 79.9. The molecule has 0 aliphatic rings. The van der Waals surface area contributed by atoms with E-state index in [1.54, 1.807) is 12.4 Å². The van der Waals surface area contributed by atoms with Gasteiger partial charge in [0, 0.05) is 12.4 Å². The summed E-state index contributed by atoms with van der Waals surface area (Å²) in [6.07, 6.45) is 4.76. The number of carbonyl (C=O) groups excluding carboxylic acids is 1. The predicted octanol–water partition coefficient (Wildman–Crippen LogP) is 1.74. The van der Waals surface area contributed by atoms with Gasteiger partial charge in [0.1, 0.15) is 6.33 Å². The van der Waals surface area contributed by atoms with Crippen LogP contribution in [0.15, 0.2) is 23.2 Å². The molecule has 0 aliphatic heterocycles. The van der Waals surface area contributed by atoms with Gasteiger partial charge in [0.2, 0.25) is 0 Å². The molecule has 19 heavy (non-hydrogen) atoms. The van der Waals surface area contributed by atoms with Crippen LogP contribution in [-0.2, 0) is 4.74 Å². The molecule has 0 atom stereocenters. The van der Waals surface area contributed by atoms with Gasteiger partial charge in [-0.15, -0.1) is 0 Å². The Labute approximate surface area is 119 Å². The van der Waals surface area contributed by atoms with Crippen LogP contribution in [0.25, 0.3) is 0 Å². The zero-order valence-corrected chi connectivity index (χ0v) is 12.0. The second kappa shape index (κ2) is 14.2. The maximum Gasteiger partial charge on any atom is 0.404 e. The minimum atomic E-state index is -1.33. The van der Waals surface area contributed by atoms with Crippen LogP contribution < -0.4 is 11.5 Å². The van der Waals surface area contributed by atoms with Crippen molar-refractivity contribution in [2.45, 2.75) is 19.8 Å². The molecule has 2 amide bonds. The molecule has 5 N–H and O–H groups in total. The van der Waals surface area contributed by atoms with Crippen LogP contribution in [0.5, 0.6) is 0 Å². The molecular weight excluding hydrogens is 320 g/mol. The van der Waals surface area contributed by atoms with Crippen molar-refractivity contribution in [1.29, 1.82) is 0 Å². The largest absolute Gasteiger partial charge is 0.465 e. The number of hydrogen-bond donors (Lipinski definition) is 3. The van der Waals surface area contributed by atoms with E-state index in [4.69, 9.17) is 9.90 Å². The second-order valence-corrected chi connectivity index (χ2v) is 3.83. The normalized spacial score (nSPS) is 8.11. The molecule has 1 heterocycles. The number of hydrogen-bond acceptors (Lipinski definition) is 5. The zero-order chi connectivity index (χ0) is 15.1. The number of carbonyl (C=O) groups is 2. The summed E-state index contributed by atoms with van der Waals surface area (Å²) in [5.74, 6) is 0. The van der Waals surface area contributed by atoms with Gasteiger partial charge in [-0.05, 0) is 22.4 Å². The topological polar surface area (TPSA) is 141 Å². The van der Waals surface area contributed by atoms with Crippen molar-refractivity contribution < 1.29 is 19.4 Å². The van der Waals surface area contributed by atoms with Crippen molar-refractivity contribution >= 4 is 28.1 Å². The lowest BCUT2D eigenvalue weighted by atomic mass is 10.4. The molecular formula is C10H17BrN4O4. The molecule has 108 valence electrons. The van der Waals surface area contributed by atoms with Gasteiger partial charge in [-0.3, -0.25) is 0 Å². The Morgan fingerprint density at radius 3 is 2.11 bits per heavy atom. The average molecular weight is 337 g/mol. The summed E-state index contributed by atoms with van der Waals surface area (Å²) in [5, 5.41) is 7.19. The van der Waals surface area contributed by atoms with Crippen molar-refractivity contribution in [2.24, 2.45) is 11.5 Å². The fraction of sp³-hybridized carbons (Fsp3) is 0.400. The predicted molar refractivity (Wildman–Crippen MR) is 72.4 cm³/mol. The zero-order valence-electron chi connectivity index (χ0n) is 10.5. The summed E-state index contributed by atoms with van der Waals surface area (Å²) in [7, 11) is 0. The van der Waals surface area contributed by atoms with Crippen molar-refractivity contribution in [3.63, 3.8) is 0 Å². The second-order valence-electron chi connectivity index (χ2n) is 2.92. The first kappa shape index (κ1) is 19.4. The Morgan fingerprint density at radius 1 is 1.37 bits per heavy atom. The molecule has 9 heteroatoms. The Hall–Kier alpha value is -1.90. The van der Waals surface area contributed by atoms with E-state index >= 15 is 0 Å². The average Bonchev–Trinajstić information content (AvgIpc) is 2.30. The van der Waals surface area contributed by atoms with E-state index in [0.717, 1.165) is 17.3 Å². The molecule has 0 radical (unpaired) electrons. The van der Waals surface area contributed by atoms with Crippen molar-refractivity contribution in [3.05, 3.63) is 23.2 Å². The SMILES string of the molecule is Brc1cncnc1.CCCCOC(N)=O.NC(=O)O. The van der Waals surface area contributed by atoms with Crippen molar-refractivity contribution in [3.8, 4) is 0 Å². The van der Waals surface area contributed by atoms with Gasteiger partial charge in [0.15, 0.2) is 0 Å². The number of nitrogens with two attached hydrogens (primary N) is 2. The quantitative estimate of drug-likeness (QED) is 0.717. The first-order chi connectivity index (χ1) is 8.90. The highest BCUT2D eigenvalue weighted by Crippen LogP contribution is 2.00. The summed E-state index contributed by atoms with van der Waals surface area (Å²) in [6, 6.07) is 0. The third kappa shape index (κ3) is 26.0. The molecule has 0 aromatic carbocycles. The molecule has 0 saturated heterocycles. The monoisotopic (exact) mass is 336 g/mol.